The van der Waals surface area contributed by atoms with E-state index in [9.17, 15) is 4.79 Å². The van der Waals surface area contributed by atoms with E-state index < -0.39 is 5.97 Å². The van der Waals surface area contributed by atoms with Gasteiger partial charge in [0.15, 0.2) is 0 Å². The van der Waals surface area contributed by atoms with Gasteiger partial charge < -0.3 is 9.63 Å². The van der Waals surface area contributed by atoms with E-state index in [1.807, 2.05) is 12.1 Å². The molecule has 24 heavy (non-hydrogen) atoms. The first-order chi connectivity index (χ1) is 11.5. The summed E-state index contributed by atoms with van der Waals surface area (Å²) < 4.78 is 5.35. The molecule has 3 rings (SSSR count). The summed E-state index contributed by atoms with van der Waals surface area (Å²) in [6.45, 7) is 6.22. The molecule has 2 heterocycles. The lowest BCUT2D eigenvalue weighted by Crippen LogP contribution is -2.38. The van der Waals surface area contributed by atoms with Crippen LogP contribution in [0.2, 0.25) is 0 Å². The molecule has 1 saturated heterocycles. The predicted octanol–water partition coefficient (Wildman–Crippen LogP) is 3.16. The summed E-state index contributed by atoms with van der Waals surface area (Å²) in [6, 6.07) is 8.17. The van der Waals surface area contributed by atoms with E-state index in [-0.39, 0.29) is 5.92 Å². The van der Waals surface area contributed by atoms with Crippen molar-refractivity contribution in [1.29, 1.82) is 0 Å². The summed E-state index contributed by atoms with van der Waals surface area (Å²) >= 11 is 0. The van der Waals surface area contributed by atoms with Crippen LogP contribution in [0.1, 0.15) is 44.1 Å². The highest BCUT2D eigenvalue weighted by Crippen LogP contribution is 2.22. The Morgan fingerprint density at radius 2 is 2.12 bits per heavy atom. The molecule has 0 saturated carbocycles. The predicted molar refractivity (Wildman–Crippen MR) is 89.5 cm³/mol. The number of benzene rings is 1. The van der Waals surface area contributed by atoms with Gasteiger partial charge in [-0.1, -0.05) is 43.3 Å². The Balaban J connectivity index is 1.66. The number of nitrogens with zero attached hydrogens (tertiary/aromatic N) is 3. The van der Waals surface area contributed by atoms with Crippen LogP contribution >= 0.6 is 0 Å². The molecule has 0 amide bonds. The van der Waals surface area contributed by atoms with Crippen molar-refractivity contribution in [3.8, 4) is 11.4 Å². The number of rotatable bonds is 5. The van der Waals surface area contributed by atoms with Gasteiger partial charge in [0.1, 0.15) is 0 Å². The minimum absolute atomic E-state index is 0.301. The number of carboxylic acids is 1. The Bertz CT molecular complexity index is 694. The fourth-order valence-corrected chi connectivity index (χ4v) is 3.05. The summed E-state index contributed by atoms with van der Waals surface area (Å²) in [6.07, 6.45) is 1.62. The van der Waals surface area contributed by atoms with E-state index in [4.69, 9.17) is 9.63 Å². The number of aliphatic carboxylic acids is 1. The van der Waals surface area contributed by atoms with E-state index in [0.717, 1.165) is 24.9 Å². The third-order valence-electron chi connectivity index (χ3n) is 4.52. The second-order valence-corrected chi connectivity index (χ2v) is 6.70. The van der Waals surface area contributed by atoms with Gasteiger partial charge in [-0.05, 0) is 30.9 Å². The first-order valence-corrected chi connectivity index (χ1v) is 8.41. The van der Waals surface area contributed by atoms with Crippen molar-refractivity contribution in [3.05, 3.63) is 35.7 Å². The number of hydrogen-bond acceptors (Lipinski definition) is 5. The van der Waals surface area contributed by atoms with Crippen LogP contribution in [0, 0.1) is 5.92 Å². The van der Waals surface area contributed by atoms with E-state index in [2.05, 4.69) is 41.0 Å². The second kappa shape index (κ2) is 7.13. The fourth-order valence-electron chi connectivity index (χ4n) is 3.05. The van der Waals surface area contributed by atoms with Gasteiger partial charge in [0.05, 0.1) is 12.5 Å². The molecule has 6 nitrogen and oxygen atoms in total. The van der Waals surface area contributed by atoms with Gasteiger partial charge in [-0.25, -0.2) is 0 Å². The maximum Gasteiger partial charge on any atom is 0.307 e. The Morgan fingerprint density at radius 1 is 1.38 bits per heavy atom. The Hall–Kier alpha value is -2.21. The lowest BCUT2D eigenvalue weighted by atomic mass is 9.98. The Kier molecular flexibility index (Phi) is 4.94. The van der Waals surface area contributed by atoms with Crippen LogP contribution in [0.4, 0.5) is 0 Å². The van der Waals surface area contributed by atoms with Crippen LogP contribution in [0.3, 0.4) is 0 Å². The highest BCUT2D eigenvalue weighted by Gasteiger charge is 2.26. The SMILES string of the molecule is CC(C)c1ccc(-c2noc(CN3CCCC(C(=O)O)C3)n2)cc1. The van der Waals surface area contributed by atoms with E-state index in [1.54, 1.807) is 0 Å². The lowest BCUT2D eigenvalue weighted by molar-refractivity contribution is -0.143. The lowest BCUT2D eigenvalue weighted by Gasteiger charge is -2.29. The van der Waals surface area contributed by atoms with Crippen LogP contribution in [0.25, 0.3) is 11.4 Å². The normalized spacial score (nSPS) is 18.9. The largest absolute Gasteiger partial charge is 0.481 e. The maximum atomic E-state index is 11.1. The number of likely N-dealkylation sites (tertiary alicyclic amines) is 1. The van der Waals surface area contributed by atoms with Gasteiger partial charge in [-0.15, -0.1) is 0 Å². The average molecular weight is 329 g/mol. The molecule has 1 unspecified atom stereocenters. The number of carbonyl (C=O) groups is 1. The molecule has 1 aromatic carbocycles. The van der Waals surface area contributed by atoms with Crippen molar-refractivity contribution in [1.82, 2.24) is 15.0 Å². The summed E-state index contributed by atoms with van der Waals surface area (Å²) in [5, 5.41) is 13.2. The molecular weight excluding hydrogens is 306 g/mol. The van der Waals surface area contributed by atoms with Crippen molar-refractivity contribution in [2.45, 2.75) is 39.2 Å². The number of aromatic nitrogens is 2. The monoisotopic (exact) mass is 329 g/mol. The summed E-state index contributed by atoms with van der Waals surface area (Å²) in [7, 11) is 0. The third-order valence-corrected chi connectivity index (χ3v) is 4.52. The van der Waals surface area contributed by atoms with E-state index in [0.29, 0.717) is 30.7 Å². The molecule has 1 aromatic heterocycles. The average Bonchev–Trinajstić information content (AvgIpc) is 3.03. The van der Waals surface area contributed by atoms with Crippen molar-refractivity contribution in [2.75, 3.05) is 13.1 Å². The topological polar surface area (TPSA) is 79.5 Å². The molecule has 1 N–H and O–H groups in total. The highest BCUT2D eigenvalue weighted by atomic mass is 16.5. The summed E-state index contributed by atoms with van der Waals surface area (Å²) in [5.41, 5.74) is 2.20. The molecule has 1 aliphatic rings. The molecule has 1 fully saturated rings. The van der Waals surface area contributed by atoms with Crippen molar-refractivity contribution >= 4 is 5.97 Å². The molecule has 2 aromatic rings. The molecule has 6 heteroatoms. The number of carboxylic acid groups (broad SMARTS) is 1. The molecule has 0 radical (unpaired) electrons. The first kappa shape index (κ1) is 16.6. The van der Waals surface area contributed by atoms with E-state index >= 15 is 0 Å². The first-order valence-electron chi connectivity index (χ1n) is 8.41. The van der Waals surface area contributed by atoms with Crippen LogP contribution in [0.15, 0.2) is 28.8 Å². The van der Waals surface area contributed by atoms with E-state index in [1.165, 1.54) is 5.56 Å². The zero-order valence-electron chi connectivity index (χ0n) is 14.1. The second-order valence-electron chi connectivity index (χ2n) is 6.70. The molecule has 0 spiro atoms. The Morgan fingerprint density at radius 3 is 2.79 bits per heavy atom. The third kappa shape index (κ3) is 3.82. The van der Waals surface area contributed by atoms with Gasteiger partial charge in [0.2, 0.25) is 11.7 Å². The number of piperidine rings is 1. The van der Waals surface area contributed by atoms with Crippen molar-refractivity contribution in [3.63, 3.8) is 0 Å². The molecule has 0 bridgehead atoms. The van der Waals surface area contributed by atoms with Gasteiger partial charge in [0.25, 0.3) is 0 Å². The van der Waals surface area contributed by atoms with Crippen LogP contribution in [0.5, 0.6) is 0 Å². The molecule has 128 valence electrons. The minimum Gasteiger partial charge on any atom is -0.481 e. The molecule has 1 atom stereocenters. The quantitative estimate of drug-likeness (QED) is 0.907. The zero-order valence-corrected chi connectivity index (χ0v) is 14.1. The van der Waals surface area contributed by atoms with Gasteiger partial charge in [-0.3, -0.25) is 9.69 Å². The van der Waals surface area contributed by atoms with Gasteiger partial charge in [0, 0.05) is 12.1 Å². The highest BCUT2D eigenvalue weighted by molar-refractivity contribution is 5.70. The molecular formula is C18H23N3O3. The summed E-state index contributed by atoms with van der Waals surface area (Å²) in [4.78, 5) is 17.7. The van der Waals surface area contributed by atoms with Gasteiger partial charge >= 0.3 is 5.97 Å². The van der Waals surface area contributed by atoms with Crippen LogP contribution in [-0.4, -0.2) is 39.2 Å². The zero-order chi connectivity index (χ0) is 17.1. The standard InChI is InChI=1S/C18H23N3O3/c1-12(2)13-5-7-14(8-6-13)17-19-16(24-20-17)11-21-9-3-4-15(10-21)18(22)23/h5-8,12,15H,3-4,9-11H2,1-2H3,(H,22,23). The molecule has 1 aliphatic heterocycles. The maximum absolute atomic E-state index is 11.1. The minimum atomic E-state index is -0.726. The van der Waals surface area contributed by atoms with Crippen molar-refractivity contribution in [2.24, 2.45) is 5.92 Å². The molecule has 0 aliphatic carbocycles. The number of hydrogen-bond donors (Lipinski definition) is 1. The Labute approximate surface area is 141 Å². The summed E-state index contributed by atoms with van der Waals surface area (Å²) in [5.74, 6) is 0.568. The fraction of sp³-hybridized carbons (Fsp3) is 0.500. The van der Waals surface area contributed by atoms with Crippen LogP contribution < -0.4 is 0 Å². The van der Waals surface area contributed by atoms with Gasteiger partial charge in [-0.2, -0.15) is 4.98 Å². The van der Waals surface area contributed by atoms with Crippen LogP contribution in [-0.2, 0) is 11.3 Å². The van der Waals surface area contributed by atoms with Crippen molar-refractivity contribution < 1.29 is 14.4 Å². The smallest absolute Gasteiger partial charge is 0.307 e.